The van der Waals surface area contributed by atoms with E-state index in [2.05, 4.69) is 9.97 Å². The number of rotatable bonds is 3. The molecule has 1 fully saturated rings. The summed E-state index contributed by atoms with van der Waals surface area (Å²) in [6.45, 7) is 1.93. The van der Waals surface area contributed by atoms with Crippen LogP contribution >= 0.6 is 0 Å². The fraction of sp³-hybridized carbons (Fsp3) is 0.300. The average Bonchev–Trinajstić information content (AvgIpc) is 3.10. The Bertz CT molecular complexity index is 990. The fourth-order valence-corrected chi connectivity index (χ4v) is 3.54. The molecule has 0 unspecified atom stereocenters. The first kappa shape index (κ1) is 18.3. The number of amides is 1. The number of aromatic amines is 1. The number of piperazine rings is 1. The molecule has 3 heterocycles. The van der Waals surface area contributed by atoms with E-state index in [1.165, 1.54) is 6.20 Å². The monoisotopic (exact) mass is 388 g/mol. The summed E-state index contributed by atoms with van der Waals surface area (Å²) in [4.78, 5) is 22.9. The maximum absolute atomic E-state index is 12.9. The summed E-state index contributed by atoms with van der Waals surface area (Å²) >= 11 is 0. The number of pyridine rings is 1. The van der Waals surface area contributed by atoms with E-state index in [-0.39, 0.29) is 5.91 Å². The molecule has 5 nitrogen and oxygen atoms in total. The number of fused-ring (bicyclic) bond motifs is 1. The number of hydrogen-bond donors (Lipinski definition) is 1. The molecule has 4 rings (SSSR count). The third-order valence-electron chi connectivity index (χ3n) is 5.05. The van der Waals surface area contributed by atoms with Crippen LogP contribution in [0.1, 0.15) is 11.3 Å². The van der Waals surface area contributed by atoms with Crippen molar-refractivity contribution in [2.24, 2.45) is 0 Å². The summed E-state index contributed by atoms with van der Waals surface area (Å²) in [6.07, 6.45) is -1.13. The third kappa shape index (κ3) is 3.67. The van der Waals surface area contributed by atoms with Crippen molar-refractivity contribution in [2.75, 3.05) is 31.1 Å². The molecule has 1 N–H and O–H groups in total. The van der Waals surface area contributed by atoms with Gasteiger partial charge in [-0.2, -0.15) is 13.2 Å². The van der Waals surface area contributed by atoms with Gasteiger partial charge in [-0.3, -0.25) is 9.78 Å². The Kier molecular flexibility index (Phi) is 4.70. The fourth-order valence-electron chi connectivity index (χ4n) is 3.54. The number of halogens is 3. The standard InChI is InChI=1S/C20H19F3N4O/c21-20(22,23)18-12-15(5-6-24-18)26-7-9-27(10-8-26)19(28)11-14-13-25-17-4-2-1-3-16(14)17/h1-6,12-13,25H,7-11H2. The van der Waals surface area contributed by atoms with E-state index in [1.807, 2.05) is 35.4 Å². The number of carbonyl (C=O) groups is 1. The van der Waals surface area contributed by atoms with Gasteiger partial charge in [-0.05, 0) is 23.8 Å². The number of benzene rings is 1. The van der Waals surface area contributed by atoms with Gasteiger partial charge < -0.3 is 14.8 Å². The van der Waals surface area contributed by atoms with E-state index in [1.54, 1.807) is 11.0 Å². The molecule has 28 heavy (non-hydrogen) atoms. The molecular formula is C20H19F3N4O. The molecule has 1 aliphatic rings. The minimum Gasteiger partial charge on any atom is -0.368 e. The van der Waals surface area contributed by atoms with Gasteiger partial charge in [0.25, 0.3) is 0 Å². The molecule has 2 aromatic heterocycles. The van der Waals surface area contributed by atoms with Gasteiger partial charge in [-0.15, -0.1) is 0 Å². The molecule has 1 aliphatic heterocycles. The van der Waals surface area contributed by atoms with Crippen molar-refractivity contribution >= 4 is 22.5 Å². The first-order chi connectivity index (χ1) is 13.4. The van der Waals surface area contributed by atoms with Crippen LogP contribution in [-0.2, 0) is 17.4 Å². The van der Waals surface area contributed by atoms with Crippen LogP contribution in [0.2, 0.25) is 0 Å². The highest BCUT2D eigenvalue weighted by atomic mass is 19.4. The Morgan fingerprint density at radius 2 is 1.86 bits per heavy atom. The maximum atomic E-state index is 12.9. The van der Waals surface area contributed by atoms with E-state index >= 15 is 0 Å². The third-order valence-corrected chi connectivity index (χ3v) is 5.05. The first-order valence-electron chi connectivity index (χ1n) is 9.03. The van der Waals surface area contributed by atoms with Crippen molar-refractivity contribution in [1.29, 1.82) is 0 Å². The molecule has 0 atom stereocenters. The molecule has 0 radical (unpaired) electrons. The van der Waals surface area contributed by atoms with Crippen LogP contribution in [-0.4, -0.2) is 47.0 Å². The van der Waals surface area contributed by atoms with E-state index < -0.39 is 11.9 Å². The molecule has 0 aliphatic carbocycles. The zero-order valence-corrected chi connectivity index (χ0v) is 15.0. The predicted octanol–water partition coefficient (Wildman–Crippen LogP) is 3.47. The summed E-state index contributed by atoms with van der Waals surface area (Å²) in [7, 11) is 0. The number of alkyl halides is 3. The number of aromatic nitrogens is 2. The second-order valence-electron chi connectivity index (χ2n) is 6.80. The van der Waals surface area contributed by atoms with Crippen molar-refractivity contribution in [3.8, 4) is 0 Å². The van der Waals surface area contributed by atoms with Crippen LogP contribution in [0, 0.1) is 0 Å². The molecular weight excluding hydrogens is 369 g/mol. The molecule has 146 valence electrons. The number of H-pyrrole nitrogens is 1. The molecule has 0 bridgehead atoms. The Morgan fingerprint density at radius 3 is 2.61 bits per heavy atom. The lowest BCUT2D eigenvalue weighted by molar-refractivity contribution is -0.141. The van der Waals surface area contributed by atoms with Crippen LogP contribution in [0.4, 0.5) is 18.9 Å². The van der Waals surface area contributed by atoms with Gasteiger partial charge in [-0.25, -0.2) is 0 Å². The summed E-state index contributed by atoms with van der Waals surface area (Å²) in [5.41, 5.74) is 1.52. The van der Waals surface area contributed by atoms with E-state index in [9.17, 15) is 18.0 Å². The van der Waals surface area contributed by atoms with E-state index in [0.717, 1.165) is 22.5 Å². The summed E-state index contributed by atoms with van der Waals surface area (Å²) in [5, 5.41) is 1.03. The van der Waals surface area contributed by atoms with Crippen molar-refractivity contribution in [3.63, 3.8) is 0 Å². The molecule has 3 aromatic rings. The number of carbonyl (C=O) groups excluding carboxylic acids is 1. The number of hydrogen-bond acceptors (Lipinski definition) is 3. The smallest absolute Gasteiger partial charge is 0.368 e. The van der Waals surface area contributed by atoms with Crippen LogP contribution in [0.25, 0.3) is 10.9 Å². The Balaban J connectivity index is 1.39. The summed E-state index contributed by atoms with van der Waals surface area (Å²) in [6, 6.07) is 10.4. The van der Waals surface area contributed by atoms with Gasteiger partial charge >= 0.3 is 6.18 Å². The highest BCUT2D eigenvalue weighted by Gasteiger charge is 2.33. The summed E-state index contributed by atoms with van der Waals surface area (Å²) < 4.78 is 38.6. The highest BCUT2D eigenvalue weighted by molar-refractivity contribution is 5.89. The largest absolute Gasteiger partial charge is 0.433 e. The first-order valence-corrected chi connectivity index (χ1v) is 9.03. The molecule has 1 amide bonds. The Morgan fingerprint density at radius 1 is 1.11 bits per heavy atom. The van der Waals surface area contributed by atoms with Crippen molar-refractivity contribution in [2.45, 2.75) is 12.6 Å². The van der Waals surface area contributed by atoms with Gasteiger partial charge in [0.2, 0.25) is 5.91 Å². The molecule has 8 heteroatoms. The lowest BCUT2D eigenvalue weighted by Crippen LogP contribution is -2.49. The van der Waals surface area contributed by atoms with Gasteiger partial charge in [0.1, 0.15) is 5.69 Å². The Labute approximate surface area is 159 Å². The van der Waals surface area contributed by atoms with Crippen LogP contribution in [0.15, 0.2) is 48.8 Å². The molecule has 1 aromatic carbocycles. The zero-order valence-electron chi connectivity index (χ0n) is 15.0. The quantitative estimate of drug-likeness (QED) is 0.748. The van der Waals surface area contributed by atoms with Crippen LogP contribution in [0.5, 0.6) is 0 Å². The normalized spacial score (nSPS) is 15.2. The summed E-state index contributed by atoms with van der Waals surface area (Å²) in [5.74, 6) is 0.0233. The second kappa shape index (κ2) is 7.18. The van der Waals surface area contributed by atoms with Crippen molar-refractivity contribution in [3.05, 3.63) is 60.0 Å². The number of para-hydroxylation sites is 1. The molecule has 0 spiro atoms. The van der Waals surface area contributed by atoms with Crippen LogP contribution < -0.4 is 4.90 Å². The van der Waals surface area contributed by atoms with Gasteiger partial charge in [0.15, 0.2) is 0 Å². The van der Waals surface area contributed by atoms with Gasteiger partial charge in [0.05, 0.1) is 6.42 Å². The van der Waals surface area contributed by atoms with Crippen molar-refractivity contribution in [1.82, 2.24) is 14.9 Å². The number of nitrogens with one attached hydrogen (secondary N) is 1. The minimum absolute atomic E-state index is 0.0233. The Hall–Kier alpha value is -3.03. The van der Waals surface area contributed by atoms with Gasteiger partial charge in [0, 0.05) is 55.2 Å². The lowest BCUT2D eigenvalue weighted by atomic mass is 10.1. The zero-order chi connectivity index (χ0) is 19.7. The second-order valence-corrected chi connectivity index (χ2v) is 6.80. The van der Waals surface area contributed by atoms with E-state index in [4.69, 9.17) is 0 Å². The molecule has 0 saturated carbocycles. The predicted molar refractivity (Wildman–Crippen MR) is 100 cm³/mol. The number of nitrogens with zero attached hydrogens (tertiary/aromatic N) is 3. The van der Waals surface area contributed by atoms with E-state index in [0.29, 0.717) is 38.3 Å². The maximum Gasteiger partial charge on any atom is 0.433 e. The topological polar surface area (TPSA) is 52.2 Å². The average molecular weight is 388 g/mol. The SMILES string of the molecule is O=C(Cc1c[nH]c2ccccc12)N1CCN(c2ccnc(C(F)(F)F)c2)CC1. The highest BCUT2D eigenvalue weighted by Crippen LogP contribution is 2.30. The molecule has 1 saturated heterocycles. The number of anilines is 1. The van der Waals surface area contributed by atoms with Crippen molar-refractivity contribution < 1.29 is 18.0 Å². The van der Waals surface area contributed by atoms with Gasteiger partial charge in [-0.1, -0.05) is 18.2 Å². The van der Waals surface area contributed by atoms with Crippen LogP contribution in [0.3, 0.4) is 0 Å². The lowest BCUT2D eigenvalue weighted by Gasteiger charge is -2.36. The minimum atomic E-state index is -4.47.